The van der Waals surface area contributed by atoms with Crippen LogP contribution in [0.15, 0.2) is 23.4 Å². The number of aryl methyl sites for hydroxylation is 2. The highest BCUT2D eigenvalue weighted by Crippen LogP contribution is 2.30. The maximum absolute atomic E-state index is 12.7. The molecule has 0 saturated carbocycles. The standard InChI is InChI=1S/C13H14F3N5OS/c1-8-3-4-9(13(14,15)16)7-10(8)11(22)17-5-6-23-12-18-19-20-21(12)2/h3-4,7H,5-6H2,1-2H3,(H,17,22). The Labute approximate surface area is 134 Å². The van der Waals surface area contributed by atoms with Gasteiger partial charge < -0.3 is 5.32 Å². The number of nitrogens with one attached hydrogen (secondary N) is 1. The van der Waals surface area contributed by atoms with Crippen molar-refractivity contribution in [3.8, 4) is 0 Å². The van der Waals surface area contributed by atoms with Crippen molar-refractivity contribution >= 4 is 17.7 Å². The molecule has 10 heteroatoms. The first-order valence-corrected chi connectivity index (χ1v) is 7.59. The van der Waals surface area contributed by atoms with Gasteiger partial charge >= 0.3 is 6.18 Å². The van der Waals surface area contributed by atoms with Gasteiger partial charge in [0.05, 0.1) is 5.56 Å². The van der Waals surface area contributed by atoms with Gasteiger partial charge in [-0.05, 0) is 35.0 Å². The van der Waals surface area contributed by atoms with Gasteiger partial charge in [0, 0.05) is 24.9 Å². The lowest BCUT2D eigenvalue weighted by Gasteiger charge is -2.11. The third-order valence-corrected chi connectivity index (χ3v) is 4.02. The fourth-order valence-electron chi connectivity index (χ4n) is 1.79. The lowest BCUT2D eigenvalue weighted by Crippen LogP contribution is -2.27. The average Bonchev–Trinajstić information content (AvgIpc) is 2.88. The van der Waals surface area contributed by atoms with Crippen LogP contribution in [0.4, 0.5) is 13.2 Å². The van der Waals surface area contributed by atoms with Crippen molar-refractivity contribution in [2.45, 2.75) is 18.3 Å². The number of aromatic nitrogens is 4. The smallest absolute Gasteiger partial charge is 0.351 e. The SMILES string of the molecule is Cc1ccc(C(F)(F)F)cc1C(=O)NCCSc1nnnn1C. The minimum atomic E-state index is -4.48. The maximum atomic E-state index is 12.7. The molecule has 0 aliphatic carbocycles. The number of thioether (sulfide) groups is 1. The van der Waals surface area contributed by atoms with Gasteiger partial charge in [-0.15, -0.1) is 5.10 Å². The van der Waals surface area contributed by atoms with E-state index in [2.05, 4.69) is 20.8 Å². The Balaban J connectivity index is 1.94. The molecule has 0 aliphatic rings. The summed E-state index contributed by atoms with van der Waals surface area (Å²) in [6.45, 7) is 1.88. The number of carbonyl (C=O) groups is 1. The van der Waals surface area contributed by atoms with Gasteiger partial charge in [-0.2, -0.15) is 13.2 Å². The third-order valence-electron chi connectivity index (χ3n) is 3.01. The van der Waals surface area contributed by atoms with E-state index in [0.29, 0.717) is 16.5 Å². The summed E-state index contributed by atoms with van der Waals surface area (Å²) < 4.78 is 39.6. The maximum Gasteiger partial charge on any atom is 0.416 e. The van der Waals surface area contributed by atoms with Gasteiger partial charge in [-0.25, -0.2) is 4.68 Å². The van der Waals surface area contributed by atoms with Crippen molar-refractivity contribution in [3.05, 3.63) is 34.9 Å². The summed E-state index contributed by atoms with van der Waals surface area (Å²) in [5.74, 6) is -0.0388. The second-order valence-corrected chi connectivity index (χ2v) is 5.78. The number of amides is 1. The van der Waals surface area contributed by atoms with Crippen LogP contribution in [0, 0.1) is 6.92 Å². The molecule has 0 saturated heterocycles. The van der Waals surface area contributed by atoms with E-state index >= 15 is 0 Å². The number of benzene rings is 1. The minimum absolute atomic E-state index is 0.0187. The van der Waals surface area contributed by atoms with Crippen LogP contribution in [0.3, 0.4) is 0 Å². The summed E-state index contributed by atoms with van der Waals surface area (Å²) in [5, 5.41) is 14.1. The van der Waals surface area contributed by atoms with Gasteiger partial charge in [0.2, 0.25) is 5.16 Å². The molecule has 124 valence electrons. The summed E-state index contributed by atoms with van der Waals surface area (Å²) >= 11 is 1.33. The number of hydrogen-bond acceptors (Lipinski definition) is 5. The van der Waals surface area contributed by atoms with Crippen LogP contribution in [-0.2, 0) is 13.2 Å². The fraction of sp³-hybridized carbons (Fsp3) is 0.385. The molecule has 2 aromatic rings. The largest absolute Gasteiger partial charge is 0.416 e. The molecule has 1 aromatic heterocycles. The monoisotopic (exact) mass is 345 g/mol. The third kappa shape index (κ3) is 4.44. The molecule has 1 aromatic carbocycles. The molecule has 0 radical (unpaired) electrons. The first kappa shape index (κ1) is 17.3. The zero-order valence-corrected chi connectivity index (χ0v) is 13.2. The molecule has 2 rings (SSSR count). The molecule has 0 fully saturated rings. The molecule has 1 N–H and O–H groups in total. The molecule has 0 atom stereocenters. The second-order valence-electron chi connectivity index (χ2n) is 4.72. The molecule has 6 nitrogen and oxygen atoms in total. The van der Waals surface area contributed by atoms with E-state index in [1.165, 1.54) is 22.5 Å². The van der Waals surface area contributed by atoms with Crippen LogP contribution in [0.2, 0.25) is 0 Å². The van der Waals surface area contributed by atoms with Crippen molar-refractivity contribution in [1.82, 2.24) is 25.5 Å². The zero-order chi connectivity index (χ0) is 17.0. The highest BCUT2D eigenvalue weighted by molar-refractivity contribution is 7.99. The first-order chi connectivity index (χ1) is 10.8. The van der Waals surface area contributed by atoms with Crippen LogP contribution in [0.1, 0.15) is 21.5 Å². The molecule has 0 aliphatic heterocycles. The van der Waals surface area contributed by atoms with E-state index < -0.39 is 17.6 Å². The molecular formula is C13H14F3N5OS. The van der Waals surface area contributed by atoms with Gasteiger partial charge in [-0.1, -0.05) is 17.8 Å². The van der Waals surface area contributed by atoms with Crippen LogP contribution in [0.25, 0.3) is 0 Å². The second kappa shape index (κ2) is 6.99. The lowest BCUT2D eigenvalue weighted by molar-refractivity contribution is -0.137. The highest BCUT2D eigenvalue weighted by atomic mass is 32.2. The lowest BCUT2D eigenvalue weighted by atomic mass is 10.0. The Morgan fingerprint density at radius 1 is 1.39 bits per heavy atom. The molecular weight excluding hydrogens is 331 g/mol. The summed E-state index contributed by atoms with van der Waals surface area (Å²) in [4.78, 5) is 12.0. The molecule has 23 heavy (non-hydrogen) atoms. The van der Waals surface area contributed by atoms with Crippen molar-refractivity contribution in [1.29, 1.82) is 0 Å². The number of tetrazole rings is 1. The number of alkyl halides is 3. The number of rotatable bonds is 5. The number of carbonyl (C=O) groups excluding carboxylic acids is 1. The Morgan fingerprint density at radius 2 is 2.13 bits per heavy atom. The van der Waals surface area contributed by atoms with Crippen LogP contribution in [0.5, 0.6) is 0 Å². The van der Waals surface area contributed by atoms with E-state index in [4.69, 9.17) is 0 Å². The topological polar surface area (TPSA) is 72.7 Å². The van der Waals surface area contributed by atoms with E-state index in [0.717, 1.165) is 12.1 Å². The van der Waals surface area contributed by atoms with E-state index in [-0.39, 0.29) is 12.1 Å². The predicted octanol–water partition coefficient (Wildman–Crippen LogP) is 2.06. The Morgan fingerprint density at radius 3 is 2.74 bits per heavy atom. The fourth-order valence-corrected chi connectivity index (χ4v) is 2.49. The van der Waals surface area contributed by atoms with Gasteiger partial charge in [0.25, 0.3) is 5.91 Å². The van der Waals surface area contributed by atoms with Crippen molar-refractivity contribution < 1.29 is 18.0 Å². The Hall–Kier alpha value is -2.10. The number of hydrogen-bond donors (Lipinski definition) is 1. The van der Waals surface area contributed by atoms with Crippen LogP contribution >= 0.6 is 11.8 Å². The van der Waals surface area contributed by atoms with Crippen molar-refractivity contribution in [3.63, 3.8) is 0 Å². The van der Waals surface area contributed by atoms with Gasteiger partial charge in [-0.3, -0.25) is 4.79 Å². The van der Waals surface area contributed by atoms with Gasteiger partial charge in [0.1, 0.15) is 0 Å². The Kier molecular flexibility index (Phi) is 5.24. The molecule has 1 amide bonds. The van der Waals surface area contributed by atoms with Crippen molar-refractivity contribution in [2.75, 3.05) is 12.3 Å². The molecule has 0 spiro atoms. The van der Waals surface area contributed by atoms with E-state index in [9.17, 15) is 18.0 Å². The van der Waals surface area contributed by atoms with Crippen LogP contribution in [-0.4, -0.2) is 38.4 Å². The molecule has 0 unspecified atom stereocenters. The highest BCUT2D eigenvalue weighted by Gasteiger charge is 2.31. The van der Waals surface area contributed by atoms with Crippen molar-refractivity contribution in [2.24, 2.45) is 7.05 Å². The number of halogens is 3. The zero-order valence-electron chi connectivity index (χ0n) is 12.4. The van der Waals surface area contributed by atoms with E-state index in [1.807, 2.05) is 0 Å². The Bertz CT molecular complexity index is 701. The predicted molar refractivity (Wildman–Crippen MR) is 78.0 cm³/mol. The summed E-state index contributed by atoms with van der Waals surface area (Å²) in [6, 6.07) is 3.12. The minimum Gasteiger partial charge on any atom is -0.351 e. The van der Waals surface area contributed by atoms with Gasteiger partial charge in [0.15, 0.2) is 0 Å². The average molecular weight is 345 g/mol. The quantitative estimate of drug-likeness (QED) is 0.663. The summed E-state index contributed by atoms with van der Waals surface area (Å²) in [5.41, 5.74) is -0.335. The summed E-state index contributed by atoms with van der Waals surface area (Å²) in [6.07, 6.45) is -4.48. The summed E-state index contributed by atoms with van der Waals surface area (Å²) in [7, 11) is 1.69. The number of nitrogens with zero attached hydrogens (tertiary/aromatic N) is 4. The van der Waals surface area contributed by atoms with Crippen LogP contribution < -0.4 is 5.32 Å². The molecule has 0 bridgehead atoms. The normalized spacial score (nSPS) is 11.5. The first-order valence-electron chi connectivity index (χ1n) is 6.60. The molecule has 1 heterocycles. The van der Waals surface area contributed by atoms with E-state index in [1.54, 1.807) is 14.0 Å².